The molecule has 4 aliphatic carbocycles. The molecule has 7 heteroatoms. The van der Waals surface area contributed by atoms with Crippen LogP contribution in [0, 0.1) is 23.7 Å². The molecule has 8 bridgehead atoms. The average molecular weight is 927 g/mol. The zero-order chi connectivity index (χ0) is 45.9. The van der Waals surface area contributed by atoms with Crippen molar-refractivity contribution in [3.8, 4) is 28.7 Å². The lowest BCUT2D eigenvalue weighted by Crippen LogP contribution is -2.74. The molecule has 4 saturated carbocycles. The van der Waals surface area contributed by atoms with Gasteiger partial charge in [-0.25, -0.2) is 4.98 Å². The van der Waals surface area contributed by atoms with Gasteiger partial charge in [-0.15, -0.1) is 0 Å². The van der Waals surface area contributed by atoms with E-state index in [1.54, 1.807) is 0 Å². The van der Waals surface area contributed by atoms with Crippen LogP contribution in [0.25, 0.3) is 50.5 Å². The first-order chi connectivity index (χ1) is 34.6. The molecule has 0 spiro atoms. The molecule has 4 saturated heterocycles. The molecule has 8 fully saturated rings. The summed E-state index contributed by atoms with van der Waals surface area (Å²) in [5, 5.41) is 7.77. The van der Waals surface area contributed by atoms with Gasteiger partial charge in [0.2, 0.25) is 5.95 Å². The zero-order valence-electron chi connectivity index (χ0n) is 39.7. The van der Waals surface area contributed by atoms with Crippen molar-refractivity contribution >= 4 is 62.0 Å². The summed E-state index contributed by atoms with van der Waals surface area (Å²) < 4.78 is 2.35. The van der Waals surface area contributed by atoms with Crippen molar-refractivity contribution in [3.05, 3.63) is 182 Å². The number of benzene rings is 7. The highest BCUT2D eigenvalue weighted by Gasteiger charge is 2.48. The van der Waals surface area contributed by atoms with Gasteiger partial charge in [-0.05, 0) is 139 Å². The first-order valence-electron chi connectivity index (χ1n) is 26.3. The molecule has 7 aromatic carbocycles. The highest BCUT2D eigenvalue weighted by Crippen LogP contribution is 2.52. The Bertz CT molecular complexity index is 3290. The minimum absolute atomic E-state index is 0.624. The molecular weight excluding hydrogens is 869 g/mol. The lowest BCUT2D eigenvalue weighted by atomic mass is 9.63. The van der Waals surface area contributed by atoms with Crippen molar-refractivity contribution in [2.45, 2.75) is 88.4 Å². The van der Waals surface area contributed by atoms with E-state index in [4.69, 9.17) is 15.0 Å². The van der Waals surface area contributed by atoms with Crippen molar-refractivity contribution in [1.29, 1.82) is 0 Å². The van der Waals surface area contributed by atoms with Gasteiger partial charge in [0.15, 0.2) is 19.7 Å². The maximum Gasteiger partial charge on any atom is 0.238 e. The van der Waals surface area contributed by atoms with E-state index in [-0.39, 0.29) is 0 Å². The van der Waals surface area contributed by atoms with Gasteiger partial charge in [-0.1, -0.05) is 152 Å². The van der Waals surface area contributed by atoms with Crippen LogP contribution in [0.5, 0.6) is 0 Å². The topological polar surface area (TPSA) is 50.1 Å². The highest BCUT2D eigenvalue weighted by atomic mass is 28.3. The van der Waals surface area contributed by atoms with E-state index >= 15 is 0 Å². The van der Waals surface area contributed by atoms with Crippen molar-refractivity contribution < 1.29 is 0 Å². The van der Waals surface area contributed by atoms with Gasteiger partial charge in [0.05, 0.1) is 11.0 Å². The fourth-order valence-electron chi connectivity index (χ4n) is 15.7. The number of hydrogen-bond acceptors (Lipinski definition) is 5. The molecular formula is C63H58N6Si. The molecule has 0 radical (unpaired) electrons. The molecule has 17 rings (SSSR count). The fourth-order valence-corrected chi connectivity index (χ4v) is 20.5. The number of piperidine rings is 4. The number of aromatic nitrogens is 4. The molecule has 9 aromatic rings. The monoisotopic (exact) mass is 926 g/mol. The Labute approximate surface area is 412 Å². The van der Waals surface area contributed by atoms with E-state index in [1.807, 2.05) is 0 Å². The van der Waals surface area contributed by atoms with Gasteiger partial charge in [0.1, 0.15) is 0 Å². The number of anilines is 2. The molecule has 0 unspecified atom stereocenters. The smallest absolute Gasteiger partial charge is 0.238 e. The summed E-state index contributed by atoms with van der Waals surface area (Å²) in [4.78, 5) is 22.4. The Balaban J connectivity index is 0.939. The Hall–Kier alpha value is -6.83. The van der Waals surface area contributed by atoms with Gasteiger partial charge in [0, 0.05) is 57.4 Å². The van der Waals surface area contributed by atoms with Gasteiger partial charge < -0.3 is 9.80 Å². The normalized spacial score (nSPS) is 25.4. The Morgan fingerprint density at radius 2 is 0.786 bits per heavy atom. The van der Waals surface area contributed by atoms with Crippen molar-refractivity contribution in [3.63, 3.8) is 0 Å². The van der Waals surface area contributed by atoms with E-state index in [2.05, 4.69) is 196 Å². The molecule has 0 atom stereocenters. The van der Waals surface area contributed by atoms with Crippen LogP contribution in [0.3, 0.4) is 0 Å². The molecule has 0 amide bonds. The highest BCUT2D eigenvalue weighted by molar-refractivity contribution is 7.19. The van der Waals surface area contributed by atoms with Crippen LogP contribution in [-0.4, -0.2) is 51.8 Å². The zero-order valence-corrected chi connectivity index (χ0v) is 40.7. The number of para-hydroxylation sites is 1. The van der Waals surface area contributed by atoms with E-state index in [0.717, 1.165) is 45.8 Å². The second-order valence-electron chi connectivity index (χ2n) is 22.1. The van der Waals surface area contributed by atoms with E-state index in [9.17, 15) is 0 Å². The largest absolute Gasteiger partial charge is 0.366 e. The quantitative estimate of drug-likeness (QED) is 0.107. The maximum absolute atomic E-state index is 5.63. The van der Waals surface area contributed by atoms with Gasteiger partial charge in [0.25, 0.3) is 0 Å². The number of fused-ring (bicyclic) bond motifs is 3. The Kier molecular flexibility index (Phi) is 9.43. The van der Waals surface area contributed by atoms with Crippen LogP contribution in [0.15, 0.2) is 182 Å². The van der Waals surface area contributed by atoms with Gasteiger partial charge >= 0.3 is 0 Å². The summed E-state index contributed by atoms with van der Waals surface area (Å²) in [6.45, 7) is 0. The third-order valence-corrected chi connectivity index (χ3v) is 22.9. The van der Waals surface area contributed by atoms with E-state index in [0.29, 0.717) is 41.8 Å². The lowest BCUT2D eigenvalue weighted by molar-refractivity contribution is 0.0899. The van der Waals surface area contributed by atoms with Crippen molar-refractivity contribution in [1.82, 2.24) is 19.5 Å². The molecule has 2 aromatic heterocycles. The van der Waals surface area contributed by atoms with E-state index in [1.165, 1.54) is 107 Å². The fraction of sp³-hybridized carbons (Fsp3) is 0.286. The minimum Gasteiger partial charge on any atom is -0.366 e. The number of hydrogen-bond donors (Lipinski definition) is 0. The standard InChI is InChI=1S/C63H58N6Si/c1-4-17-53(18-5-1)70(54-19-6-2-7-20-54,55-21-8-3-9-22-55)56-23-13-15-46(39-56)62-64-61(45-14-12-16-47(38-45)67-49-30-41-28-42(32-49)33-50(67)31-41)65-63(66-62)69-59-25-11-10-24-57(59)58-27-26-48(40-60(58)69)68-51-34-43-29-44(36-51)37-52(68)35-43/h1-27,38-44,49-52H,28-37H2. The summed E-state index contributed by atoms with van der Waals surface area (Å²) in [7, 11) is -2.84. The molecule has 4 aliphatic heterocycles. The Morgan fingerprint density at radius 3 is 1.33 bits per heavy atom. The predicted molar refractivity (Wildman–Crippen MR) is 289 cm³/mol. The van der Waals surface area contributed by atoms with Crippen molar-refractivity contribution in [2.24, 2.45) is 23.7 Å². The van der Waals surface area contributed by atoms with E-state index < -0.39 is 8.07 Å². The first kappa shape index (κ1) is 41.0. The molecule has 6 heterocycles. The minimum atomic E-state index is -2.84. The molecule has 8 aliphatic rings. The summed E-state index contributed by atoms with van der Waals surface area (Å²) in [5.74, 6) is 5.64. The molecule has 0 N–H and O–H groups in total. The number of nitrogens with zero attached hydrogens (tertiary/aromatic N) is 6. The molecule has 70 heavy (non-hydrogen) atoms. The van der Waals surface area contributed by atoms with Crippen LogP contribution in [-0.2, 0) is 0 Å². The van der Waals surface area contributed by atoms with Crippen LogP contribution >= 0.6 is 0 Å². The SMILES string of the molecule is c1ccc([Si](c2ccccc2)(c2ccccc2)c2cccc(-c3nc(-c4cccc(N5C6CC7CC(C6)CC5C7)c4)nc(-n4c5ccccc5c5ccc(N6C7CC8CC(C7)CC6C8)cc54)n3)c2)cc1. The summed E-state index contributed by atoms with van der Waals surface area (Å²) in [6, 6.07) is 70.6. The van der Waals surface area contributed by atoms with Crippen LogP contribution in [0.4, 0.5) is 11.4 Å². The lowest BCUT2D eigenvalue weighted by Gasteiger charge is -2.57. The van der Waals surface area contributed by atoms with Crippen LogP contribution < -0.4 is 30.5 Å². The van der Waals surface area contributed by atoms with Crippen molar-refractivity contribution in [2.75, 3.05) is 9.80 Å². The Morgan fingerprint density at radius 1 is 0.343 bits per heavy atom. The van der Waals surface area contributed by atoms with Gasteiger partial charge in [-0.3, -0.25) is 4.57 Å². The van der Waals surface area contributed by atoms with Gasteiger partial charge in [-0.2, -0.15) is 9.97 Å². The summed E-state index contributed by atoms with van der Waals surface area (Å²) in [6.07, 6.45) is 13.5. The summed E-state index contributed by atoms with van der Waals surface area (Å²) in [5.41, 5.74) is 6.95. The molecule has 6 nitrogen and oxygen atoms in total. The average Bonchev–Trinajstić information content (AvgIpc) is 3.73. The third kappa shape index (κ3) is 6.46. The maximum atomic E-state index is 5.63. The summed E-state index contributed by atoms with van der Waals surface area (Å²) >= 11 is 0. The van der Waals surface area contributed by atoms with Crippen LogP contribution in [0.2, 0.25) is 0 Å². The molecule has 344 valence electrons. The third-order valence-electron chi connectivity index (χ3n) is 18.1. The second-order valence-corrected chi connectivity index (χ2v) is 25.9. The second kappa shape index (κ2) is 16.1. The number of rotatable bonds is 9. The predicted octanol–water partition coefficient (Wildman–Crippen LogP) is 11.2. The first-order valence-corrected chi connectivity index (χ1v) is 28.3. The van der Waals surface area contributed by atoms with Crippen LogP contribution in [0.1, 0.15) is 64.2 Å².